The molecular formula is C16H21N2P. The largest absolute Gasteiger partial charge is 0.296 e. The van der Waals surface area contributed by atoms with Gasteiger partial charge in [0.15, 0.2) is 0 Å². The first kappa shape index (κ1) is 14.2. The quantitative estimate of drug-likeness (QED) is 0.778. The Balaban J connectivity index is 1.93. The first-order chi connectivity index (χ1) is 9.15. The molecule has 0 unspecified atom stereocenters. The number of pyridine rings is 1. The molecule has 0 aliphatic heterocycles. The molecule has 2 aromatic rings. The fourth-order valence-electron chi connectivity index (χ4n) is 2.04. The van der Waals surface area contributed by atoms with Gasteiger partial charge < -0.3 is 0 Å². The van der Waals surface area contributed by atoms with Crippen LogP contribution in [0.5, 0.6) is 0 Å². The third-order valence-electron chi connectivity index (χ3n) is 3.06. The van der Waals surface area contributed by atoms with Crippen molar-refractivity contribution < 1.29 is 0 Å². The zero-order valence-electron chi connectivity index (χ0n) is 11.9. The Morgan fingerprint density at radius 1 is 1.00 bits per heavy atom. The van der Waals surface area contributed by atoms with E-state index in [-0.39, 0.29) is 7.92 Å². The summed E-state index contributed by atoms with van der Waals surface area (Å²) in [7, 11) is 2.14. The van der Waals surface area contributed by atoms with E-state index < -0.39 is 0 Å². The fourth-order valence-corrected chi connectivity index (χ4v) is 2.78. The van der Waals surface area contributed by atoms with Crippen LogP contribution in [0.3, 0.4) is 0 Å². The number of nitrogens with zero attached hydrogens (tertiary/aromatic N) is 2. The molecule has 19 heavy (non-hydrogen) atoms. The second-order valence-electron chi connectivity index (χ2n) is 5.05. The molecule has 0 saturated carbocycles. The maximum absolute atomic E-state index is 4.36. The first-order valence-corrected chi connectivity index (χ1v) is 8.73. The van der Waals surface area contributed by atoms with Gasteiger partial charge in [-0.25, -0.2) is 0 Å². The van der Waals surface area contributed by atoms with E-state index in [1.165, 1.54) is 10.9 Å². The van der Waals surface area contributed by atoms with Crippen LogP contribution in [-0.4, -0.2) is 30.3 Å². The summed E-state index contributed by atoms with van der Waals surface area (Å²) in [6.07, 6.45) is 1.85. The molecule has 0 radical (unpaired) electrons. The second-order valence-corrected chi connectivity index (χ2v) is 7.36. The Bertz CT molecular complexity index is 494. The predicted octanol–water partition coefficient (Wildman–Crippen LogP) is 3.08. The normalized spacial score (nSPS) is 11.2. The van der Waals surface area contributed by atoms with Crippen molar-refractivity contribution in [3.8, 4) is 0 Å². The second kappa shape index (κ2) is 6.79. The van der Waals surface area contributed by atoms with Crippen LogP contribution < -0.4 is 5.30 Å². The van der Waals surface area contributed by atoms with Gasteiger partial charge >= 0.3 is 0 Å². The summed E-state index contributed by atoms with van der Waals surface area (Å²) in [5.41, 5.74) is 2.48. The molecule has 3 heteroatoms. The Kier molecular flexibility index (Phi) is 5.07. The third kappa shape index (κ3) is 4.41. The molecule has 0 N–H and O–H groups in total. The van der Waals surface area contributed by atoms with Crippen molar-refractivity contribution in [3.05, 3.63) is 59.9 Å². The van der Waals surface area contributed by atoms with E-state index >= 15 is 0 Å². The van der Waals surface area contributed by atoms with E-state index in [2.05, 4.69) is 60.6 Å². The maximum Gasteiger partial charge on any atom is 0.0543 e. The van der Waals surface area contributed by atoms with Crippen molar-refractivity contribution in [2.45, 2.75) is 13.1 Å². The zero-order chi connectivity index (χ0) is 13.7. The highest BCUT2D eigenvalue weighted by Crippen LogP contribution is 2.23. The zero-order valence-corrected chi connectivity index (χ0v) is 12.8. The molecule has 0 bridgehead atoms. The number of hydrogen-bond donors (Lipinski definition) is 0. The maximum atomic E-state index is 4.36. The summed E-state index contributed by atoms with van der Waals surface area (Å²) in [4.78, 5) is 6.65. The molecule has 0 aliphatic rings. The summed E-state index contributed by atoms with van der Waals surface area (Å²) in [5, 5.41) is 1.46. The van der Waals surface area contributed by atoms with Crippen LogP contribution in [0.2, 0.25) is 0 Å². The minimum atomic E-state index is 0.00834. The van der Waals surface area contributed by atoms with E-state index in [0.717, 1.165) is 18.8 Å². The van der Waals surface area contributed by atoms with Crippen molar-refractivity contribution >= 4 is 13.2 Å². The molecule has 1 aromatic heterocycles. The van der Waals surface area contributed by atoms with Gasteiger partial charge in [0, 0.05) is 19.3 Å². The number of hydrogen-bond acceptors (Lipinski definition) is 2. The number of benzene rings is 1. The van der Waals surface area contributed by atoms with E-state index in [0.29, 0.717) is 0 Å². The van der Waals surface area contributed by atoms with Gasteiger partial charge in [0.2, 0.25) is 0 Å². The molecular weight excluding hydrogens is 251 g/mol. The van der Waals surface area contributed by atoms with Gasteiger partial charge in [-0.1, -0.05) is 38.3 Å². The van der Waals surface area contributed by atoms with E-state index in [1.54, 1.807) is 0 Å². The molecule has 0 fully saturated rings. The summed E-state index contributed by atoms with van der Waals surface area (Å²) < 4.78 is 0. The standard InChI is InChI=1S/C16H21N2P/c1-18(13-15-6-4-5-11-17-15)12-14-7-9-16(10-8-14)19(2)3/h4-11H,12-13H2,1-3H3. The van der Waals surface area contributed by atoms with Gasteiger partial charge in [0.05, 0.1) is 5.69 Å². The molecule has 0 spiro atoms. The van der Waals surface area contributed by atoms with Crippen LogP contribution in [0.15, 0.2) is 48.7 Å². The molecule has 0 aliphatic carbocycles. The lowest BCUT2D eigenvalue weighted by Crippen LogP contribution is -2.18. The van der Waals surface area contributed by atoms with Crippen molar-refractivity contribution in [3.63, 3.8) is 0 Å². The summed E-state index contributed by atoms with van der Waals surface area (Å²) in [6.45, 7) is 6.42. The Labute approximate surface area is 117 Å². The average molecular weight is 272 g/mol. The van der Waals surface area contributed by atoms with Crippen molar-refractivity contribution in [1.82, 2.24) is 9.88 Å². The van der Waals surface area contributed by atoms with Crippen LogP contribution in [0.4, 0.5) is 0 Å². The van der Waals surface area contributed by atoms with Gasteiger partial charge in [-0.15, -0.1) is 0 Å². The topological polar surface area (TPSA) is 16.1 Å². The lowest BCUT2D eigenvalue weighted by molar-refractivity contribution is 0.315. The van der Waals surface area contributed by atoms with Crippen LogP contribution >= 0.6 is 7.92 Å². The Hall–Kier alpha value is -1.24. The number of rotatable bonds is 5. The highest BCUT2D eigenvalue weighted by Gasteiger charge is 2.03. The third-order valence-corrected chi connectivity index (χ3v) is 4.39. The van der Waals surface area contributed by atoms with Crippen LogP contribution in [0.25, 0.3) is 0 Å². The molecule has 100 valence electrons. The predicted molar refractivity (Wildman–Crippen MR) is 84.3 cm³/mol. The van der Waals surface area contributed by atoms with Crippen molar-refractivity contribution in [2.75, 3.05) is 20.4 Å². The first-order valence-electron chi connectivity index (χ1n) is 6.50. The summed E-state index contributed by atoms with van der Waals surface area (Å²) >= 11 is 0. The SMILES string of the molecule is CN(Cc1ccc(P(C)C)cc1)Cc1ccccn1. The lowest BCUT2D eigenvalue weighted by Gasteiger charge is -2.16. The van der Waals surface area contributed by atoms with Gasteiger partial charge in [-0.2, -0.15) is 0 Å². The lowest BCUT2D eigenvalue weighted by atomic mass is 10.2. The monoisotopic (exact) mass is 272 g/mol. The van der Waals surface area contributed by atoms with Crippen molar-refractivity contribution in [1.29, 1.82) is 0 Å². The van der Waals surface area contributed by atoms with E-state index in [1.807, 2.05) is 18.3 Å². The molecule has 2 nitrogen and oxygen atoms in total. The molecule has 0 saturated heterocycles. The molecule has 2 rings (SSSR count). The molecule has 1 aromatic carbocycles. The van der Waals surface area contributed by atoms with Crippen LogP contribution in [-0.2, 0) is 13.1 Å². The smallest absolute Gasteiger partial charge is 0.0543 e. The fraction of sp³-hybridized carbons (Fsp3) is 0.312. The minimum absolute atomic E-state index is 0.00834. The van der Waals surface area contributed by atoms with E-state index in [4.69, 9.17) is 0 Å². The van der Waals surface area contributed by atoms with Gasteiger partial charge in [-0.05, 0) is 43.4 Å². The summed E-state index contributed by atoms with van der Waals surface area (Å²) in [6, 6.07) is 15.1. The molecule has 0 atom stereocenters. The van der Waals surface area contributed by atoms with Gasteiger partial charge in [0.1, 0.15) is 0 Å². The van der Waals surface area contributed by atoms with E-state index in [9.17, 15) is 0 Å². The number of aromatic nitrogens is 1. The van der Waals surface area contributed by atoms with Crippen LogP contribution in [0, 0.1) is 0 Å². The molecule has 0 amide bonds. The average Bonchev–Trinajstić information content (AvgIpc) is 2.40. The highest BCUT2D eigenvalue weighted by atomic mass is 31.1. The van der Waals surface area contributed by atoms with Crippen molar-refractivity contribution in [2.24, 2.45) is 0 Å². The van der Waals surface area contributed by atoms with Gasteiger partial charge in [-0.3, -0.25) is 9.88 Å². The minimum Gasteiger partial charge on any atom is -0.296 e. The highest BCUT2D eigenvalue weighted by molar-refractivity contribution is 7.64. The van der Waals surface area contributed by atoms with Crippen LogP contribution in [0.1, 0.15) is 11.3 Å². The van der Waals surface area contributed by atoms with Gasteiger partial charge in [0.25, 0.3) is 0 Å². The Morgan fingerprint density at radius 3 is 2.32 bits per heavy atom. The summed E-state index contributed by atoms with van der Waals surface area (Å²) in [5.74, 6) is 0. The Morgan fingerprint density at radius 2 is 1.74 bits per heavy atom. The molecule has 1 heterocycles.